The van der Waals surface area contributed by atoms with Crippen molar-refractivity contribution < 1.29 is 19.1 Å². The Kier molecular flexibility index (Phi) is 5.46. The van der Waals surface area contributed by atoms with Crippen LogP contribution in [0.4, 0.5) is 0 Å². The fourth-order valence-corrected chi connectivity index (χ4v) is 2.23. The second-order valence-corrected chi connectivity index (χ2v) is 4.98. The van der Waals surface area contributed by atoms with Crippen molar-refractivity contribution >= 4 is 17.8 Å². The van der Waals surface area contributed by atoms with Crippen molar-refractivity contribution in [3.05, 3.63) is 30.1 Å². The molecule has 0 N–H and O–H groups in total. The molecule has 2 heterocycles. The Morgan fingerprint density at radius 2 is 1.82 bits per heavy atom. The molecule has 0 spiro atoms. The summed E-state index contributed by atoms with van der Waals surface area (Å²) in [6.45, 7) is 2.19. The lowest BCUT2D eigenvalue weighted by molar-refractivity contribution is -0.156. The first-order valence-corrected chi connectivity index (χ1v) is 7.20. The molecule has 0 atom stereocenters. The van der Waals surface area contributed by atoms with Crippen molar-refractivity contribution in [2.45, 2.75) is 13.3 Å². The average Bonchev–Trinajstić information content (AvgIpc) is 2.50. The van der Waals surface area contributed by atoms with E-state index < -0.39 is 5.97 Å². The lowest BCUT2D eigenvalue weighted by Gasteiger charge is -2.33. The van der Waals surface area contributed by atoms with E-state index in [1.165, 1.54) is 9.80 Å². The van der Waals surface area contributed by atoms with Crippen molar-refractivity contribution in [1.82, 2.24) is 14.8 Å². The summed E-state index contributed by atoms with van der Waals surface area (Å²) in [5.74, 6) is -0.880. The number of amides is 2. The standard InChI is InChI=1S/C15H19N3O4/c1-2-22-15(21)11-18-10-13(19)17(9-14(18)20)8-5-12-3-6-16-7-4-12/h3-4,6-7H,2,5,8-11H2,1H3. The molecular weight excluding hydrogens is 286 g/mol. The number of piperazine rings is 1. The molecule has 1 fully saturated rings. The first-order chi connectivity index (χ1) is 10.6. The van der Waals surface area contributed by atoms with Gasteiger partial charge in [0.15, 0.2) is 0 Å². The van der Waals surface area contributed by atoms with E-state index in [9.17, 15) is 14.4 Å². The van der Waals surface area contributed by atoms with Crippen LogP contribution in [-0.4, -0.2) is 65.4 Å². The van der Waals surface area contributed by atoms with Gasteiger partial charge in [0.05, 0.1) is 13.2 Å². The van der Waals surface area contributed by atoms with Gasteiger partial charge in [0.1, 0.15) is 13.1 Å². The van der Waals surface area contributed by atoms with Crippen LogP contribution in [0.1, 0.15) is 12.5 Å². The molecule has 7 heteroatoms. The van der Waals surface area contributed by atoms with Gasteiger partial charge in [-0.3, -0.25) is 19.4 Å². The highest BCUT2D eigenvalue weighted by atomic mass is 16.5. The molecule has 7 nitrogen and oxygen atoms in total. The van der Waals surface area contributed by atoms with Crippen molar-refractivity contribution in [3.63, 3.8) is 0 Å². The van der Waals surface area contributed by atoms with Gasteiger partial charge in [-0.25, -0.2) is 0 Å². The van der Waals surface area contributed by atoms with Crippen LogP contribution in [0.5, 0.6) is 0 Å². The minimum Gasteiger partial charge on any atom is -0.465 e. The molecule has 0 radical (unpaired) electrons. The van der Waals surface area contributed by atoms with Gasteiger partial charge in [-0.1, -0.05) is 0 Å². The summed E-state index contributed by atoms with van der Waals surface area (Å²) in [6, 6.07) is 3.76. The molecule has 1 aromatic rings. The van der Waals surface area contributed by atoms with Gasteiger partial charge in [0, 0.05) is 18.9 Å². The predicted molar refractivity (Wildman–Crippen MR) is 77.7 cm³/mol. The van der Waals surface area contributed by atoms with E-state index in [0.29, 0.717) is 13.0 Å². The molecule has 0 bridgehead atoms. The number of pyridine rings is 1. The summed E-state index contributed by atoms with van der Waals surface area (Å²) in [6.07, 6.45) is 4.05. The molecule has 1 saturated heterocycles. The number of carbonyl (C=O) groups is 3. The Balaban J connectivity index is 1.86. The minimum absolute atomic E-state index is 0.00330. The Morgan fingerprint density at radius 3 is 2.50 bits per heavy atom. The Morgan fingerprint density at radius 1 is 1.18 bits per heavy atom. The number of hydrogen-bond donors (Lipinski definition) is 0. The monoisotopic (exact) mass is 305 g/mol. The second kappa shape index (κ2) is 7.53. The summed E-state index contributed by atoms with van der Waals surface area (Å²) in [7, 11) is 0. The normalized spacial score (nSPS) is 15.1. The summed E-state index contributed by atoms with van der Waals surface area (Å²) in [5.41, 5.74) is 1.06. The van der Waals surface area contributed by atoms with E-state index in [-0.39, 0.29) is 38.1 Å². The zero-order valence-electron chi connectivity index (χ0n) is 12.5. The number of esters is 1. The highest BCUT2D eigenvalue weighted by Crippen LogP contribution is 2.07. The van der Waals surface area contributed by atoms with Crippen molar-refractivity contribution in [3.8, 4) is 0 Å². The number of ether oxygens (including phenoxy) is 1. The Hall–Kier alpha value is -2.44. The third kappa shape index (κ3) is 4.28. The molecule has 0 unspecified atom stereocenters. The highest BCUT2D eigenvalue weighted by molar-refractivity contribution is 5.94. The van der Waals surface area contributed by atoms with Crippen LogP contribution in [0.25, 0.3) is 0 Å². The molecule has 1 aliphatic heterocycles. The largest absolute Gasteiger partial charge is 0.465 e. The number of nitrogens with zero attached hydrogens (tertiary/aromatic N) is 3. The smallest absolute Gasteiger partial charge is 0.325 e. The van der Waals surface area contributed by atoms with E-state index in [2.05, 4.69) is 4.98 Å². The van der Waals surface area contributed by atoms with Gasteiger partial charge in [0.25, 0.3) is 0 Å². The summed E-state index contributed by atoms with van der Waals surface area (Å²) < 4.78 is 4.80. The van der Waals surface area contributed by atoms with E-state index in [4.69, 9.17) is 4.74 Å². The third-order valence-corrected chi connectivity index (χ3v) is 3.40. The molecule has 1 aromatic heterocycles. The maximum atomic E-state index is 12.1. The molecule has 0 aliphatic carbocycles. The quantitative estimate of drug-likeness (QED) is 0.683. The molecular formula is C15H19N3O4. The summed E-state index contributed by atoms with van der Waals surface area (Å²) in [5, 5.41) is 0. The number of hydrogen-bond acceptors (Lipinski definition) is 5. The zero-order valence-corrected chi connectivity index (χ0v) is 12.5. The average molecular weight is 305 g/mol. The topological polar surface area (TPSA) is 79.8 Å². The Labute approximate surface area is 128 Å². The van der Waals surface area contributed by atoms with E-state index in [0.717, 1.165) is 5.56 Å². The van der Waals surface area contributed by atoms with Gasteiger partial charge < -0.3 is 14.5 Å². The molecule has 1 aliphatic rings. The molecule has 118 valence electrons. The maximum Gasteiger partial charge on any atom is 0.325 e. The maximum absolute atomic E-state index is 12.1. The van der Waals surface area contributed by atoms with Gasteiger partial charge in [-0.2, -0.15) is 0 Å². The van der Waals surface area contributed by atoms with Crippen LogP contribution < -0.4 is 0 Å². The van der Waals surface area contributed by atoms with Crippen LogP contribution in [0.15, 0.2) is 24.5 Å². The molecule has 2 rings (SSSR count). The van der Waals surface area contributed by atoms with Crippen molar-refractivity contribution in [2.24, 2.45) is 0 Å². The highest BCUT2D eigenvalue weighted by Gasteiger charge is 2.30. The first-order valence-electron chi connectivity index (χ1n) is 7.20. The van der Waals surface area contributed by atoms with Crippen LogP contribution in [0.3, 0.4) is 0 Å². The molecule has 0 aromatic carbocycles. The predicted octanol–water partition coefficient (Wildman–Crippen LogP) is -0.142. The molecule has 22 heavy (non-hydrogen) atoms. The number of rotatable bonds is 6. The Bertz CT molecular complexity index is 547. The first kappa shape index (κ1) is 15.9. The lowest BCUT2D eigenvalue weighted by Crippen LogP contribution is -2.55. The van der Waals surface area contributed by atoms with E-state index >= 15 is 0 Å². The van der Waals surface area contributed by atoms with E-state index in [1.54, 1.807) is 19.3 Å². The van der Waals surface area contributed by atoms with Crippen LogP contribution >= 0.6 is 0 Å². The minimum atomic E-state index is -0.492. The fourth-order valence-electron chi connectivity index (χ4n) is 2.23. The zero-order chi connectivity index (χ0) is 15.9. The number of aromatic nitrogens is 1. The van der Waals surface area contributed by atoms with Gasteiger partial charge in [0.2, 0.25) is 11.8 Å². The number of carbonyl (C=O) groups excluding carboxylic acids is 3. The summed E-state index contributed by atoms with van der Waals surface area (Å²) >= 11 is 0. The molecule has 2 amide bonds. The fraction of sp³-hybridized carbons (Fsp3) is 0.467. The van der Waals surface area contributed by atoms with Gasteiger partial charge in [-0.05, 0) is 31.0 Å². The van der Waals surface area contributed by atoms with Crippen LogP contribution in [-0.2, 0) is 25.5 Å². The van der Waals surface area contributed by atoms with Crippen LogP contribution in [0.2, 0.25) is 0 Å². The van der Waals surface area contributed by atoms with E-state index in [1.807, 2.05) is 12.1 Å². The third-order valence-electron chi connectivity index (χ3n) is 3.40. The lowest BCUT2D eigenvalue weighted by atomic mass is 10.2. The van der Waals surface area contributed by atoms with Crippen LogP contribution in [0, 0.1) is 0 Å². The molecule has 0 saturated carbocycles. The van der Waals surface area contributed by atoms with Crippen molar-refractivity contribution in [1.29, 1.82) is 0 Å². The van der Waals surface area contributed by atoms with Gasteiger partial charge >= 0.3 is 5.97 Å². The van der Waals surface area contributed by atoms with Crippen molar-refractivity contribution in [2.75, 3.05) is 32.8 Å². The van der Waals surface area contributed by atoms with Gasteiger partial charge in [-0.15, -0.1) is 0 Å². The second-order valence-electron chi connectivity index (χ2n) is 4.98. The summed E-state index contributed by atoms with van der Waals surface area (Å²) in [4.78, 5) is 42.2. The SMILES string of the molecule is CCOC(=O)CN1CC(=O)N(CCc2ccncc2)CC1=O.